The fraction of sp³-hybridized carbons (Fsp3) is 0.833. The average Bonchev–Trinajstić information content (AvgIpc) is 2.14. The molecule has 0 bridgehead atoms. The highest BCUT2D eigenvalue weighted by Crippen LogP contribution is 2.36. The molecule has 0 aliphatic heterocycles. The van der Waals surface area contributed by atoms with E-state index in [1.54, 1.807) is 21.0 Å². The summed E-state index contributed by atoms with van der Waals surface area (Å²) in [5.74, 6) is -0.104. The summed E-state index contributed by atoms with van der Waals surface area (Å²) in [7, 11) is 1.19. The van der Waals surface area contributed by atoms with Gasteiger partial charge in [0.15, 0.2) is 8.32 Å². The molecule has 6 heteroatoms. The standard InChI is InChI=1S/C12H26N2O3Si/c1-10(9-11(15)13(5)6)14(16)17-18(7,8)12(2,3)4/h9H2,1-8H3/b14-10+. The minimum absolute atomic E-state index is 0.0402. The molecule has 0 fully saturated rings. The van der Waals surface area contributed by atoms with Crippen molar-refractivity contribution in [3.63, 3.8) is 0 Å². The van der Waals surface area contributed by atoms with Gasteiger partial charge in [0.1, 0.15) is 6.42 Å². The fourth-order valence-electron chi connectivity index (χ4n) is 0.864. The van der Waals surface area contributed by atoms with Crippen LogP contribution in [0.25, 0.3) is 0 Å². The second kappa shape index (κ2) is 5.73. The van der Waals surface area contributed by atoms with Crippen molar-refractivity contribution < 1.29 is 14.2 Å². The third-order valence-electron chi connectivity index (χ3n) is 3.33. The van der Waals surface area contributed by atoms with E-state index in [0.717, 1.165) is 0 Å². The average molecular weight is 274 g/mol. The molecule has 0 aromatic carbocycles. The van der Waals surface area contributed by atoms with E-state index in [2.05, 4.69) is 20.8 Å². The van der Waals surface area contributed by atoms with Crippen LogP contribution >= 0.6 is 0 Å². The summed E-state index contributed by atoms with van der Waals surface area (Å²) in [6.07, 6.45) is 0.0884. The Morgan fingerprint density at radius 1 is 1.33 bits per heavy atom. The molecule has 0 unspecified atom stereocenters. The zero-order chi connectivity index (χ0) is 14.7. The van der Waals surface area contributed by atoms with Crippen molar-refractivity contribution in [3.8, 4) is 0 Å². The number of carbonyl (C=O) groups excluding carboxylic acids is 1. The van der Waals surface area contributed by atoms with Crippen molar-refractivity contribution >= 4 is 19.9 Å². The molecule has 0 aromatic rings. The summed E-state index contributed by atoms with van der Waals surface area (Å²) in [5, 5.41) is 11.8. The molecule has 0 radical (unpaired) electrons. The van der Waals surface area contributed by atoms with E-state index >= 15 is 0 Å². The second-order valence-corrected chi connectivity index (χ2v) is 11.0. The summed E-state index contributed by atoms with van der Waals surface area (Å²) in [4.78, 5) is 13.5. The molecular formula is C12H26N2O3Si. The van der Waals surface area contributed by atoms with Gasteiger partial charge in [0.25, 0.3) is 0 Å². The highest BCUT2D eigenvalue weighted by molar-refractivity contribution is 6.73. The first-order chi connectivity index (χ1) is 7.88. The third kappa shape index (κ3) is 4.68. The van der Waals surface area contributed by atoms with Gasteiger partial charge in [-0.1, -0.05) is 33.9 Å². The minimum atomic E-state index is -2.14. The maximum absolute atomic E-state index is 11.9. The lowest BCUT2D eigenvalue weighted by atomic mass is 10.2. The van der Waals surface area contributed by atoms with Crippen molar-refractivity contribution in [2.45, 2.75) is 52.2 Å². The molecule has 0 rings (SSSR count). The minimum Gasteiger partial charge on any atom is -0.443 e. The first-order valence-corrected chi connectivity index (χ1v) is 8.98. The van der Waals surface area contributed by atoms with Crippen LogP contribution in [0.3, 0.4) is 0 Å². The summed E-state index contributed by atoms with van der Waals surface area (Å²) in [5.41, 5.74) is 0.388. The van der Waals surface area contributed by atoms with Crippen molar-refractivity contribution in [2.75, 3.05) is 14.1 Å². The van der Waals surface area contributed by atoms with E-state index in [1.807, 2.05) is 13.1 Å². The number of rotatable bonds is 4. The molecule has 0 N–H and O–H groups in total. The summed E-state index contributed by atoms with van der Waals surface area (Å²) in [6, 6.07) is 0. The van der Waals surface area contributed by atoms with Gasteiger partial charge in [0.2, 0.25) is 11.6 Å². The van der Waals surface area contributed by atoms with E-state index in [1.165, 1.54) is 4.90 Å². The van der Waals surface area contributed by atoms with Crippen LogP contribution in [0.2, 0.25) is 18.1 Å². The largest absolute Gasteiger partial charge is 0.443 e. The molecule has 5 nitrogen and oxygen atoms in total. The predicted molar refractivity (Wildman–Crippen MR) is 75.9 cm³/mol. The number of hydrogen-bond acceptors (Lipinski definition) is 3. The fourth-order valence-corrected chi connectivity index (χ4v) is 1.71. The normalized spacial score (nSPS) is 14.0. The van der Waals surface area contributed by atoms with Crippen molar-refractivity contribution in [1.29, 1.82) is 0 Å². The Kier molecular flexibility index (Phi) is 5.40. The molecule has 0 heterocycles. The van der Waals surface area contributed by atoms with Crippen LogP contribution in [0.4, 0.5) is 0 Å². The topological polar surface area (TPSA) is 55.6 Å². The van der Waals surface area contributed by atoms with Crippen LogP contribution in [0.1, 0.15) is 34.1 Å². The number of carbonyl (C=O) groups is 1. The van der Waals surface area contributed by atoms with Crippen LogP contribution in [-0.4, -0.2) is 43.8 Å². The van der Waals surface area contributed by atoms with Gasteiger partial charge in [-0.2, -0.15) is 0 Å². The van der Waals surface area contributed by atoms with E-state index in [0.29, 0.717) is 10.6 Å². The Labute approximate surface area is 111 Å². The van der Waals surface area contributed by atoms with Crippen molar-refractivity contribution in [2.24, 2.45) is 0 Å². The molecule has 0 saturated carbocycles. The molecule has 0 aliphatic rings. The summed E-state index contributed by atoms with van der Waals surface area (Å²) >= 11 is 0. The third-order valence-corrected chi connectivity index (χ3v) is 7.57. The molecule has 18 heavy (non-hydrogen) atoms. The predicted octanol–water partition coefficient (Wildman–Crippen LogP) is 2.37. The van der Waals surface area contributed by atoms with E-state index in [4.69, 9.17) is 4.53 Å². The van der Waals surface area contributed by atoms with Crippen LogP contribution < -0.4 is 0 Å². The molecule has 0 saturated heterocycles. The summed E-state index contributed by atoms with van der Waals surface area (Å²) in [6.45, 7) is 11.8. The summed E-state index contributed by atoms with van der Waals surface area (Å²) < 4.78 is 5.55. The first kappa shape index (κ1) is 17.0. The monoisotopic (exact) mass is 274 g/mol. The van der Waals surface area contributed by atoms with Gasteiger partial charge >= 0.3 is 0 Å². The van der Waals surface area contributed by atoms with Gasteiger partial charge in [-0.15, -0.1) is 0 Å². The Bertz CT molecular complexity index is 344. The highest BCUT2D eigenvalue weighted by atomic mass is 28.4. The van der Waals surface area contributed by atoms with Gasteiger partial charge in [-0.05, 0) is 5.04 Å². The van der Waals surface area contributed by atoms with E-state index in [-0.39, 0.29) is 17.4 Å². The zero-order valence-corrected chi connectivity index (χ0v) is 13.8. The number of nitrogens with zero attached hydrogens (tertiary/aromatic N) is 2. The Balaban J connectivity index is 4.84. The number of amides is 1. The first-order valence-electron chi connectivity index (χ1n) is 6.07. The Morgan fingerprint density at radius 3 is 2.11 bits per heavy atom. The molecule has 0 atom stereocenters. The van der Waals surface area contributed by atoms with Gasteiger partial charge < -0.3 is 9.43 Å². The van der Waals surface area contributed by atoms with E-state index < -0.39 is 8.32 Å². The highest BCUT2D eigenvalue weighted by Gasteiger charge is 2.37. The van der Waals surface area contributed by atoms with Crippen molar-refractivity contribution in [1.82, 2.24) is 4.90 Å². The quantitative estimate of drug-likeness (QED) is 0.342. The smallest absolute Gasteiger partial charge is 0.232 e. The molecule has 1 amide bonds. The Morgan fingerprint density at radius 2 is 1.78 bits per heavy atom. The van der Waals surface area contributed by atoms with Crippen LogP contribution in [0.15, 0.2) is 0 Å². The van der Waals surface area contributed by atoms with Gasteiger partial charge in [-0.3, -0.25) is 10.0 Å². The lowest BCUT2D eigenvalue weighted by molar-refractivity contribution is -0.705. The maximum Gasteiger partial charge on any atom is 0.232 e. The lowest BCUT2D eigenvalue weighted by Gasteiger charge is -2.37. The van der Waals surface area contributed by atoms with E-state index in [9.17, 15) is 10.0 Å². The molecule has 0 aliphatic carbocycles. The van der Waals surface area contributed by atoms with Gasteiger partial charge in [0.05, 0.1) is 0 Å². The molecular weight excluding hydrogens is 248 g/mol. The maximum atomic E-state index is 11.9. The van der Waals surface area contributed by atoms with Crippen LogP contribution in [-0.2, 0) is 9.32 Å². The van der Waals surface area contributed by atoms with Crippen LogP contribution in [0, 0.1) is 5.21 Å². The second-order valence-electron chi connectivity index (χ2n) is 6.31. The van der Waals surface area contributed by atoms with Crippen LogP contribution in [0.5, 0.6) is 0 Å². The van der Waals surface area contributed by atoms with Gasteiger partial charge in [-0.25, -0.2) is 0 Å². The lowest BCUT2D eigenvalue weighted by Crippen LogP contribution is -2.44. The van der Waals surface area contributed by atoms with Gasteiger partial charge in [0, 0.05) is 25.9 Å². The number of hydrogen-bond donors (Lipinski definition) is 0. The SMILES string of the molecule is C/C(CC(=O)N(C)C)=[N+](/[O-])O[Si](C)(C)C(C)(C)C. The molecule has 106 valence electrons. The van der Waals surface area contributed by atoms with Crippen molar-refractivity contribution in [3.05, 3.63) is 5.21 Å². The molecule has 0 aromatic heterocycles. The Hall–Kier alpha value is -1.04. The zero-order valence-electron chi connectivity index (χ0n) is 12.8. The molecule has 0 spiro atoms.